The molecule has 3 aromatic heterocycles. The van der Waals surface area contributed by atoms with Crippen molar-refractivity contribution in [2.24, 2.45) is 0 Å². The monoisotopic (exact) mass is 534 g/mol. The molecule has 3 atom stereocenters. The number of fused-ring (bicyclic) bond motifs is 2. The van der Waals surface area contributed by atoms with Crippen LogP contribution < -0.4 is 0 Å². The smallest absolute Gasteiger partial charge is 0.273 e. The number of nitrogens with one attached hydrogen (secondary N) is 1. The third kappa shape index (κ3) is 3.81. The lowest BCUT2D eigenvalue weighted by atomic mass is 9.93. The standard InChI is InChI=1S/C30H27FN8O/c1-16-20-5-3-2-4-17(20)10-11-38(16)30(40)26-14-27(18-6-7-18)39-28(32-26)15-25(35-39)21-9-8-19(12-24(21)31)22-13-23(22)29-33-36-37-34-29/h2-5,8-9,12,14-16,18,22-23H,6-7,10-11,13H2,1H3,(H,33,34,36,37)/t16-,22-,23+/m1/s1. The topological polar surface area (TPSA) is 105 Å². The highest BCUT2D eigenvalue weighted by Gasteiger charge is 2.42. The fourth-order valence-corrected chi connectivity index (χ4v) is 6.26. The quantitative estimate of drug-likeness (QED) is 0.342. The van der Waals surface area contributed by atoms with Gasteiger partial charge < -0.3 is 4.90 Å². The Labute approximate surface area is 229 Å². The Morgan fingerprint density at radius 2 is 1.95 bits per heavy atom. The van der Waals surface area contributed by atoms with Gasteiger partial charge in [-0.25, -0.2) is 19.0 Å². The number of halogens is 1. The highest BCUT2D eigenvalue weighted by atomic mass is 19.1. The zero-order valence-electron chi connectivity index (χ0n) is 22.0. The van der Waals surface area contributed by atoms with Crippen molar-refractivity contribution in [3.63, 3.8) is 0 Å². The highest BCUT2D eigenvalue weighted by molar-refractivity contribution is 5.93. The van der Waals surface area contributed by atoms with Gasteiger partial charge in [-0.1, -0.05) is 30.3 Å². The molecule has 3 aliphatic rings. The molecule has 200 valence electrons. The van der Waals surface area contributed by atoms with Crippen LogP contribution in [0.15, 0.2) is 54.6 Å². The Morgan fingerprint density at radius 3 is 2.75 bits per heavy atom. The van der Waals surface area contributed by atoms with Crippen molar-refractivity contribution in [3.05, 3.63) is 94.3 Å². The van der Waals surface area contributed by atoms with Gasteiger partial charge in [0.25, 0.3) is 5.91 Å². The largest absolute Gasteiger partial charge is 0.330 e. The molecule has 0 radical (unpaired) electrons. The van der Waals surface area contributed by atoms with Crippen LogP contribution in [0.4, 0.5) is 4.39 Å². The van der Waals surface area contributed by atoms with Gasteiger partial charge in [-0.3, -0.25) is 4.79 Å². The Hall–Kier alpha value is -4.47. The second kappa shape index (κ2) is 8.77. The van der Waals surface area contributed by atoms with Gasteiger partial charge in [-0.05, 0) is 83.8 Å². The summed E-state index contributed by atoms with van der Waals surface area (Å²) in [6.45, 7) is 2.73. The molecule has 2 saturated carbocycles. The van der Waals surface area contributed by atoms with Crippen LogP contribution in [0.1, 0.15) is 88.7 Å². The molecule has 4 heterocycles. The fourth-order valence-electron chi connectivity index (χ4n) is 6.26. The molecule has 2 aromatic carbocycles. The first-order valence-electron chi connectivity index (χ1n) is 13.9. The lowest BCUT2D eigenvalue weighted by molar-refractivity contribution is 0.0671. The molecule has 2 fully saturated rings. The summed E-state index contributed by atoms with van der Waals surface area (Å²) in [5.74, 6) is 1.04. The number of aromatic amines is 1. The number of nitrogens with zero attached hydrogens (tertiary/aromatic N) is 7. The van der Waals surface area contributed by atoms with E-state index in [0.717, 1.165) is 42.8 Å². The molecular weight excluding hydrogens is 507 g/mol. The van der Waals surface area contributed by atoms with Gasteiger partial charge in [0.2, 0.25) is 0 Å². The van der Waals surface area contributed by atoms with Crippen molar-refractivity contribution in [3.8, 4) is 11.3 Å². The van der Waals surface area contributed by atoms with E-state index in [-0.39, 0.29) is 29.6 Å². The second-order valence-electron chi connectivity index (χ2n) is 11.2. The maximum Gasteiger partial charge on any atom is 0.273 e. The molecule has 5 aromatic rings. The van der Waals surface area contributed by atoms with Crippen molar-refractivity contribution in [2.45, 2.75) is 56.4 Å². The number of amides is 1. The molecule has 1 N–H and O–H groups in total. The maximum absolute atomic E-state index is 15.4. The fraction of sp³-hybridized carbons (Fsp3) is 0.333. The Morgan fingerprint density at radius 1 is 1.07 bits per heavy atom. The summed E-state index contributed by atoms with van der Waals surface area (Å²) >= 11 is 0. The Bertz CT molecular complexity index is 1780. The molecule has 40 heavy (non-hydrogen) atoms. The highest BCUT2D eigenvalue weighted by Crippen LogP contribution is 2.53. The first-order valence-corrected chi connectivity index (χ1v) is 13.9. The normalized spacial score (nSPS) is 21.9. The average molecular weight is 535 g/mol. The van der Waals surface area contributed by atoms with Gasteiger partial charge in [-0.2, -0.15) is 5.10 Å². The molecule has 0 bridgehead atoms. The van der Waals surface area contributed by atoms with Crippen LogP contribution >= 0.6 is 0 Å². The van der Waals surface area contributed by atoms with Gasteiger partial charge in [0, 0.05) is 35.7 Å². The van der Waals surface area contributed by atoms with Crippen LogP contribution in [0.2, 0.25) is 0 Å². The molecule has 0 unspecified atom stereocenters. The van der Waals surface area contributed by atoms with Gasteiger partial charge >= 0.3 is 0 Å². The molecule has 0 spiro atoms. The van der Waals surface area contributed by atoms with Crippen LogP contribution in [0.5, 0.6) is 0 Å². The van der Waals surface area contributed by atoms with E-state index in [0.29, 0.717) is 35.1 Å². The number of rotatable bonds is 5. The zero-order chi connectivity index (χ0) is 27.0. The summed E-state index contributed by atoms with van der Waals surface area (Å²) in [6, 6.07) is 17.3. The van der Waals surface area contributed by atoms with Crippen molar-refractivity contribution >= 4 is 11.6 Å². The van der Waals surface area contributed by atoms with Crippen LogP contribution in [0.3, 0.4) is 0 Å². The first kappa shape index (κ1) is 23.4. The number of hydrogen-bond acceptors (Lipinski definition) is 6. The van der Waals surface area contributed by atoms with E-state index in [4.69, 9.17) is 10.1 Å². The summed E-state index contributed by atoms with van der Waals surface area (Å²) in [5, 5.41) is 18.9. The molecule has 8 rings (SSSR count). The SMILES string of the molecule is C[C@@H]1c2ccccc2CCN1C(=O)c1cc(C2CC2)n2nc(-c3ccc([C@H]4C[C@@H]4c4nnn[nH]4)cc3F)cc2n1. The van der Waals surface area contributed by atoms with Gasteiger partial charge in [-0.15, -0.1) is 5.10 Å². The predicted octanol–water partition coefficient (Wildman–Crippen LogP) is 4.96. The van der Waals surface area contributed by atoms with E-state index in [2.05, 4.69) is 39.7 Å². The maximum atomic E-state index is 15.4. The molecule has 10 heteroatoms. The minimum atomic E-state index is -0.327. The number of tetrazole rings is 1. The minimum absolute atomic E-state index is 0.0284. The summed E-state index contributed by atoms with van der Waals surface area (Å²) in [7, 11) is 0. The number of carbonyl (C=O) groups excluding carboxylic acids is 1. The van der Waals surface area contributed by atoms with Crippen molar-refractivity contribution in [1.29, 1.82) is 0 Å². The van der Waals surface area contributed by atoms with Crippen LogP contribution in [-0.2, 0) is 6.42 Å². The van der Waals surface area contributed by atoms with Crippen molar-refractivity contribution < 1.29 is 9.18 Å². The minimum Gasteiger partial charge on any atom is -0.330 e. The van der Waals surface area contributed by atoms with Crippen molar-refractivity contribution in [2.75, 3.05) is 6.54 Å². The molecule has 2 aliphatic carbocycles. The van der Waals surface area contributed by atoms with E-state index in [1.54, 1.807) is 22.7 Å². The van der Waals surface area contributed by atoms with E-state index in [1.807, 2.05) is 29.2 Å². The van der Waals surface area contributed by atoms with Crippen LogP contribution in [0, 0.1) is 5.82 Å². The summed E-state index contributed by atoms with van der Waals surface area (Å²) in [5.41, 5.74) is 6.28. The third-order valence-corrected chi connectivity index (χ3v) is 8.73. The predicted molar refractivity (Wildman–Crippen MR) is 144 cm³/mol. The lowest BCUT2D eigenvalue weighted by Gasteiger charge is -2.35. The second-order valence-corrected chi connectivity index (χ2v) is 11.2. The summed E-state index contributed by atoms with van der Waals surface area (Å²) < 4.78 is 17.2. The molecule has 1 aliphatic heterocycles. The number of carbonyl (C=O) groups is 1. The molecule has 9 nitrogen and oxygen atoms in total. The number of benzene rings is 2. The summed E-state index contributed by atoms with van der Waals surface area (Å²) in [4.78, 5) is 20.4. The summed E-state index contributed by atoms with van der Waals surface area (Å²) in [6.07, 6.45) is 3.80. The van der Waals surface area contributed by atoms with Gasteiger partial charge in [0.1, 0.15) is 11.5 Å². The molecule has 0 saturated heterocycles. The number of hydrogen-bond donors (Lipinski definition) is 1. The molecular formula is C30H27FN8O. The Balaban J connectivity index is 1.12. The van der Waals surface area contributed by atoms with Crippen molar-refractivity contribution in [1.82, 2.24) is 40.1 Å². The van der Waals surface area contributed by atoms with Gasteiger partial charge in [0.05, 0.1) is 11.7 Å². The number of H-pyrrole nitrogens is 1. The third-order valence-electron chi connectivity index (χ3n) is 8.73. The average Bonchev–Trinajstić information content (AvgIpc) is 3.88. The first-order chi connectivity index (χ1) is 19.5. The Kier molecular flexibility index (Phi) is 5.14. The van der Waals surface area contributed by atoms with E-state index >= 15 is 4.39 Å². The zero-order valence-corrected chi connectivity index (χ0v) is 22.0. The lowest BCUT2D eigenvalue weighted by Crippen LogP contribution is -2.39. The van der Waals surface area contributed by atoms with E-state index < -0.39 is 0 Å². The van der Waals surface area contributed by atoms with Gasteiger partial charge in [0.15, 0.2) is 11.5 Å². The van der Waals surface area contributed by atoms with Crippen LogP contribution in [0.25, 0.3) is 16.9 Å². The van der Waals surface area contributed by atoms with E-state index in [1.165, 1.54) is 11.1 Å². The molecule has 1 amide bonds. The number of aromatic nitrogens is 7. The van der Waals surface area contributed by atoms with E-state index in [9.17, 15) is 4.79 Å². The van der Waals surface area contributed by atoms with Crippen LogP contribution in [-0.4, -0.2) is 52.6 Å².